The molecule has 24 heavy (non-hydrogen) atoms. The standard InChI is InChI=1S/C17H19N5OS/c1-11-7-13(10-24-11)16-15(5-4-6-18-16)21-17(23)19-8-14-9-20-22(3)12(14)2/h4-7,9-10H,8H2,1-3H3,(H2,19,21,23). The van der Waals surface area contributed by atoms with E-state index < -0.39 is 0 Å². The van der Waals surface area contributed by atoms with Gasteiger partial charge in [-0.1, -0.05) is 0 Å². The highest BCUT2D eigenvalue weighted by molar-refractivity contribution is 7.10. The molecule has 3 heterocycles. The topological polar surface area (TPSA) is 71.8 Å². The number of pyridine rings is 1. The predicted molar refractivity (Wildman–Crippen MR) is 96.1 cm³/mol. The molecule has 0 atom stereocenters. The molecule has 0 aromatic carbocycles. The van der Waals surface area contributed by atoms with Crippen LogP contribution in [0.25, 0.3) is 11.3 Å². The number of anilines is 1. The maximum absolute atomic E-state index is 12.2. The third-order valence-electron chi connectivity index (χ3n) is 3.84. The van der Waals surface area contributed by atoms with Crippen LogP contribution >= 0.6 is 11.3 Å². The molecule has 0 bridgehead atoms. The summed E-state index contributed by atoms with van der Waals surface area (Å²) >= 11 is 1.66. The van der Waals surface area contributed by atoms with Gasteiger partial charge in [0.2, 0.25) is 0 Å². The number of hydrogen-bond acceptors (Lipinski definition) is 4. The second-order valence-corrected chi connectivity index (χ2v) is 6.65. The molecular formula is C17H19N5OS. The lowest BCUT2D eigenvalue weighted by atomic mass is 10.2. The average molecular weight is 341 g/mol. The highest BCUT2D eigenvalue weighted by Gasteiger charge is 2.11. The van der Waals surface area contributed by atoms with Crippen LogP contribution in [0.1, 0.15) is 16.1 Å². The van der Waals surface area contributed by atoms with Crippen molar-refractivity contribution >= 4 is 23.1 Å². The van der Waals surface area contributed by atoms with Crippen molar-refractivity contribution in [1.29, 1.82) is 0 Å². The number of nitrogens with one attached hydrogen (secondary N) is 2. The summed E-state index contributed by atoms with van der Waals surface area (Å²) in [5.41, 5.74) is 4.50. The SMILES string of the molecule is Cc1cc(-c2ncccc2NC(=O)NCc2cnn(C)c2C)cs1. The fourth-order valence-electron chi connectivity index (χ4n) is 2.36. The van der Waals surface area contributed by atoms with Crippen LogP contribution in [0.3, 0.4) is 0 Å². The van der Waals surface area contributed by atoms with E-state index in [1.807, 2.05) is 38.4 Å². The summed E-state index contributed by atoms with van der Waals surface area (Å²) in [6.07, 6.45) is 3.49. The Morgan fingerprint density at radius 3 is 2.88 bits per heavy atom. The molecule has 0 aliphatic carbocycles. The Bertz CT molecular complexity index is 868. The number of aromatic nitrogens is 3. The zero-order valence-electron chi connectivity index (χ0n) is 13.8. The zero-order chi connectivity index (χ0) is 17.1. The first-order valence-electron chi connectivity index (χ1n) is 7.57. The summed E-state index contributed by atoms with van der Waals surface area (Å²) in [5, 5.41) is 11.9. The highest BCUT2D eigenvalue weighted by Crippen LogP contribution is 2.29. The number of carbonyl (C=O) groups is 1. The molecule has 0 radical (unpaired) electrons. The van der Waals surface area contributed by atoms with E-state index in [4.69, 9.17) is 0 Å². The second-order valence-electron chi connectivity index (χ2n) is 5.53. The van der Waals surface area contributed by atoms with Crippen molar-refractivity contribution in [2.45, 2.75) is 20.4 Å². The maximum atomic E-state index is 12.2. The van der Waals surface area contributed by atoms with Gasteiger partial charge in [0.15, 0.2) is 0 Å². The summed E-state index contributed by atoms with van der Waals surface area (Å²) in [5.74, 6) is 0. The number of aryl methyl sites for hydroxylation is 2. The fraction of sp³-hybridized carbons (Fsp3) is 0.235. The van der Waals surface area contributed by atoms with Crippen LogP contribution in [0, 0.1) is 13.8 Å². The van der Waals surface area contributed by atoms with E-state index in [-0.39, 0.29) is 6.03 Å². The van der Waals surface area contributed by atoms with Gasteiger partial charge in [-0.2, -0.15) is 5.10 Å². The first-order chi connectivity index (χ1) is 11.5. The van der Waals surface area contributed by atoms with E-state index in [2.05, 4.69) is 26.8 Å². The van der Waals surface area contributed by atoms with Gasteiger partial charge in [0.1, 0.15) is 0 Å². The Balaban J connectivity index is 1.70. The lowest BCUT2D eigenvalue weighted by Crippen LogP contribution is -2.28. The molecule has 2 amide bonds. The van der Waals surface area contributed by atoms with Gasteiger partial charge in [0.25, 0.3) is 0 Å². The van der Waals surface area contributed by atoms with Crippen LogP contribution in [0.15, 0.2) is 36.0 Å². The summed E-state index contributed by atoms with van der Waals surface area (Å²) in [6, 6.07) is 5.46. The molecule has 2 N–H and O–H groups in total. The number of carbonyl (C=O) groups excluding carboxylic acids is 1. The lowest BCUT2D eigenvalue weighted by molar-refractivity contribution is 0.251. The van der Waals surface area contributed by atoms with Crippen LogP contribution in [0.5, 0.6) is 0 Å². The molecule has 0 aliphatic heterocycles. The van der Waals surface area contributed by atoms with Gasteiger partial charge in [0, 0.05) is 46.9 Å². The van der Waals surface area contributed by atoms with E-state index >= 15 is 0 Å². The van der Waals surface area contributed by atoms with Crippen LogP contribution in [0.2, 0.25) is 0 Å². The van der Waals surface area contributed by atoms with Gasteiger partial charge in [0.05, 0.1) is 17.6 Å². The first kappa shape index (κ1) is 16.2. The molecule has 7 heteroatoms. The number of thiophene rings is 1. The molecule has 0 fully saturated rings. The van der Waals surface area contributed by atoms with Crippen molar-refractivity contribution in [2.24, 2.45) is 7.05 Å². The van der Waals surface area contributed by atoms with Gasteiger partial charge < -0.3 is 10.6 Å². The van der Waals surface area contributed by atoms with Crippen molar-refractivity contribution in [3.05, 3.63) is 52.1 Å². The van der Waals surface area contributed by atoms with Gasteiger partial charge in [-0.05, 0) is 32.0 Å². The summed E-state index contributed by atoms with van der Waals surface area (Å²) in [6.45, 7) is 4.45. The monoisotopic (exact) mass is 341 g/mol. The van der Waals surface area contributed by atoms with Crippen molar-refractivity contribution in [3.8, 4) is 11.3 Å². The van der Waals surface area contributed by atoms with Crippen molar-refractivity contribution < 1.29 is 4.79 Å². The first-order valence-corrected chi connectivity index (χ1v) is 8.45. The van der Waals surface area contributed by atoms with Crippen molar-refractivity contribution in [1.82, 2.24) is 20.1 Å². The molecule has 3 aromatic rings. The summed E-state index contributed by atoms with van der Waals surface area (Å²) in [7, 11) is 1.88. The third-order valence-corrected chi connectivity index (χ3v) is 4.70. The van der Waals surface area contributed by atoms with E-state index in [0.29, 0.717) is 12.2 Å². The fourth-order valence-corrected chi connectivity index (χ4v) is 3.05. The Morgan fingerprint density at radius 2 is 2.21 bits per heavy atom. The Morgan fingerprint density at radius 1 is 1.38 bits per heavy atom. The quantitative estimate of drug-likeness (QED) is 0.763. The molecule has 0 saturated carbocycles. The Labute approximate surface area is 144 Å². The molecule has 3 aromatic heterocycles. The average Bonchev–Trinajstić information content (AvgIpc) is 3.13. The second kappa shape index (κ2) is 6.84. The smallest absolute Gasteiger partial charge is 0.319 e. The minimum atomic E-state index is -0.264. The summed E-state index contributed by atoms with van der Waals surface area (Å²) < 4.78 is 1.78. The molecule has 0 aliphatic rings. The number of urea groups is 1. The van der Waals surface area contributed by atoms with E-state index in [0.717, 1.165) is 22.5 Å². The number of amides is 2. The normalized spacial score (nSPS) is 10.6. The zero-order valence-corrected chi connectivity index (χ0v) is 14.6. The van der Waals surface area contributed by atoms with Crippen LogP contribution in [0.4, 0.5) is 10.5 Å². The highest BCUT2D eigenvalue weighted by atomic mass is 32.1. The van der Waals surface area contributed by atoms with E-state index in [1.165, 1.54) is 4.88 Å². The van der Waals surface area contributed by atoms with E-state index in [9.17, 15) is 4.79 Å². The molecule has 124 valence electrons. The van der Waals surface area contributed by atoms with Crippen LogP contribution in [-0.4, -0.2) is 20.8 Å². The third kappa shape index (κ3) is 3.46. The predicted octanol–water partition coefficient (Wildman–Crippen LogP) is 3.48. The van der Waals surface area contributed by atoms with Crippen LogP contribution in [-0.2, 0) is 13.6 Å². The molecule has 6 nitrogen and oxygen atoms in total. The number of nitrogens with zero attached hydrogens (tertiary/aromatic N) is 3. The number of rotatable bonds is 4. The minimum absolute atomic E-state index is 0.264. The Hall–Kier alpha value is -2.67. The Kier molecular flexibility index (Phi) is 4.61. The molecule has 3 rings (SSSR count). The van der Waals surface area contributed by atoms with Gasteiger partial charge in [-0.3, -0.25) is 9.67 Å². The number of hydrogen-bond donors (Lipinski definition) is 2. The van der Waals surface area contributed by atoms with Crippen molar-refractivity contribution in [2.75, 3.05) is 5.32 Å². The van der Waals surface area contributed by atoms with Crippen molar-refractivity contribution in [3.63, 3.8) is 0 Å². The van der Waals surface area contributed by atoms with Gasteiger partial charge in [-0.15, -0.1) is 11.3 Å². The molecular weight excluding hydrogens is 322 g/mol. The summed E-state index contributed by atoms with van der Waals surface area (Å²) in [4.78, 5) is 17.8. The largest absolute Gasteiger partial charge is 0.334 e. The van der Waals surface area contributed by atoms with Crippen LogP contribution < -0.4 is 10.6 Å². The molecule has 0 saturated heterocycles. The molecule has 0 spiro atoms. The minimum Gasteiger partial charge on any atom is -0.334 e. The van der Waals surface area contributed by atoms with E-state index in [1.54, 1.807) is 28.4 Å². The maximum Gasteiger partial charge on any atom is 0.319 e. The lowest BCUT2D eigenvalue weighted by Gasteiger charge is -2.10. The van der Waals surface area contributed by atoms with Gasteiger partial charge >= 0.3 is 6.03 Å². The van der Waals surface area contributed by atoms with Gasteiger partial charge in [-0.25, -0.2) is 4.79 Å². The molecule has 0 unspecified atom stereocenters.